The lowest BCUT2D eigenvalue weighted by molar-refractivity contribution is 0.0782. The summed E-state index contributed by atoms with van der Waals surface area (Å²) in [5.41, 5.74) is 4.51. The van der Waals surface area contributed by atoms with Crippen LogP contribution in [0.25, 0.3) is 0 Å². The van der Waals surface area contributed by atoms with Crippen molar-refractivity contribution in [2.24, 2.45) is 5.92 Å². The van der Waals surface area contributed by atoms with Gasteiger partial charge in [0, 0.05) is 63.0 Å². The number of rotatable bonds is 6. The van der Waals surface area contributed by atoms with E-state index in [1.165, 1.54) is 16.8 Å². The normalized spacial score (nSPS) is 20.7. The van der Waals surface area contributed by atoms with Crippen molar-refractivity contribution in [3.63, 3.8) is 0 Å². The van der Waals surface area contributed by atoms with Gasteiger partial charge in [0.2, 0.25) is 0 Å². The molecule has 0 aromatic heterocycles. The van der Waals surface area contributed by atoms with Crippen LogP contribution in [0.2, 0.25) is 0 Å². The first-order valence-electron chi connectivity index (χ1n) is 12.6. The maximum Gasteiger partial charge on any atom is 0.253 e. The molecule has 182 valence electrons. The molecule has 0 N–H and O–H groups in total. The molecule has 2 fully saturated rings. The zero-order valence-electron chi connectivity index (χ0n) is 20.8. The van der Waals surface area contributed by atoms with Gasteiger partial charge in [-0.1, -0.05) is 48.0 Å². The van der Waals surface area contributed by atoms with Crippen molar-refractivity contribution >= 4 is 11.6 Å². The van der Waals surface area contributed by atoms with Gasteiger partial charge in [0.15, 0.2) is 0 Å². The van der Waals surface area contributed by atoms with Crippen LogP contribution in [-0.2, 0) is 0 Å². The zero-order chi connectivity index (χ0) is 24.2. The molecular weight excluding hydrogens is 434 g/mol. The molecular formula is C30H35N3O2. The van der Waals surface area contributed by atoms with Crippen LogP contribution in [0.15, 0.2) is 78.9 Å². The highest BCUT2D eigenvalue weighted by Gasteiger charge is 2.38. The second-order valence-electron chi connectivity index (χ2n) is 9.84. The molecule has 0 spiro atoms. The summed E-state index contributed by atoms with van der Waals surface area (Å²) in [5, 5.41) is 0. The third kappa shape index (κ3) is 5.35. The molecule has 3 aromatic rings. The van der Waals surface area contributed by atoms with Gasteiger partial charge in [-0.05, 0) is 54.8 Å². The number of hydrogen-bond acceptors (Lipinski definition) is 4. The summed E-state index contributed by atoms with van der Waals surface area (Å²) < 4.78 is 5.51. The minimum atomic E-state index is 0.134. The van der Waals surface area contributed by atoms with Crippen molar-refractivity contribution in [3.8, 4) is 5.75 Å². The smallest absolute Gasteiger partial charge is 0.253 e. The van der Waals surface area contributed by atoms with Crippen molar-refractivity contribution in [1.82, 2.24) is 9.80 Å². The standard InChI is InChI=1S/C30H35N3O2/c1-23-11-13-24(14-12-23)30(34)33-21-26(29(22-33)25-7-6-10-28(19-25)35-2)20-31-15-17-32(18-16-31)27-8-4-3-5-9-27/h3-14,19,26,29H,15-18,20-22H2,1-2H3. The summed E-state index contributed by atoms with van der Waals surface area (Å²) in [6.45, 7) is 8.74. The number of hydrogen-bond donors (Lipinski definition) is 0. The van der Waals surface area contributed by atoms with Crippen LogP contribution in [0.4, 0.5) is 5.69 Å². The lowest BCUT2D eigenvalue weighted by Crippen LogP contribution is -2.48. The zero-order valence-corrected chi connectivity index (χ0v) is 20.8. The molecule has 35 heavy (non-hydrogen) atoms. The molecule has 0 saturated carbocycles. The van der Waals surface area contributed by atoms with Crippen LogP contribution in [0.3, 0.4) is 0 Å². The third-order valence-electron chi connectivity index (χ3n) is 7.54. The Morgan fingerprint density at radius 1 is 0.886 bits per heavy atom. The summed E-state index contributed by atoms with van der Waals surface area (Å²) in [6.07, 6.45) is 0. The van der Waals surface area contributed by atoms with Gasteiger partial charge in [-0.2, -0.15) is 0 Å². The van der Waals surface area contributed by atoms with Crippen LogP contribution in [0.1, 0.15) is 27.4 Å². The predicted octanol–water partition coefficient (Wildman–Crippen LogP) is 4.68. The predicted molar refractivity (Wildman–Crippen MR) is 141 cm³/mol. The molecule has 0 bridgehead atoms. The fourth-order valence-electron chi connectivity index (χ4n) is 5.51. The Bertz CT molecular complexity index is 1120. The summed E-state index contributed by atoms with van der Waals surface area (Å²) >= 11 is 0. The van der Waals surface area contributed by atoms with E-state index >= 15 is 0 Å². The molecule has 3 aromatic carbocycles. The van der Waals surface area contributed by atoms with Gasteiger partial charge in [-0.25, -0.2) is 0 Å². The van der Waals surface area contributed by atoms with Gasteiger partial charge >= 0.3 is 0 Å². The van der Waals surface area contributed by atoms with Crippen molar-refractivity contribution in [2.75, 3.05) is 57.8 Å². The Hall–Kier alpha value is -3.31. The number of anilines is 1. The van der Waals surface area contributed by atoms with E-state index in [1.807, 2.05) is 30.3 Å². The topological polar surface area (TPSA) is 36.0 Å². The van der Waals surface area contributed by atoms with E-state index in [-0.39, 0.29) is 5.91 Å². The number of nitrogens with zero attached hydrogens (tertiary/aromatic N) is 3. The molecule has 2 aliphatic heterocycles. The molecule has 2 aliphatic rings. The first-order valence-corrected chi connectivity index (χ1v) is 12.6. The van der Waals surface area contributed by atoms with Crippen molar-refractivity contribution in [2.45, 2.75) is 12.8 Å². The molecule has 2 saturated heterocycles. The van der Waals surface area contributed by atoms with E-state index in [4.69, 9.17) is 4.74 Å². The average Bonchev–Trinajstić information content (AvgIpc) is 3.33. The lowest BCUT2D eigenvalue weighted by atomic mass is 9.88. The highest BCUT2D eigenvalue weighted by Crippen LogP contribution is 2.36. The second-order valence-corrected chi connectivity index (χ2v) is 9.84. The molecule has 5 rings (SSSR count). The first-order chi connectivity index (χ1) is 17.1. The Morgan fingerprint density at radius 2 is 1.63 bits per heavy atom. The van der Waals surface area contributed by atoms with Crippen molar-refractivity contribution in [1.29, 1.82) is 0 Å². The largest absolute Gasteiger partial charge is 0.497 e. The van der Waals surface area contributed by atoms with E-state index in [0.29, 0.717) is 11.8 Å². The molecule has 0 aliphatic carbocycles. The number of carbonyl (C=O) groups is 1. The fourth-order valence-corrected chi connectivity index (χ4v) is 5.51. The Kier molecular flexibility index (Phi) is 7.05. The summed E-state index contributed by atoms with van der Waals surface area (Å²) in [7, 11) is 1.71. The van der Waals surface area contributed by atoms with Gasteiger partial charge in [0.1, 0.15) is 5.75 Å². The number of para-hydroxylation sites is 1. The molecule has 2 atom stereocenters. The number of methoxy groups -OCH3 is 1. The SMILES string of the molecule is COc1cccc(C2CN(C(=O)c3ccc(C)cc3)CC2CN2CCN(c3ccccc3)CC2)c1. The highest BCUT2D eigenvalue weighted by atomic mass is 16.5. The van der Waals surface area contributed by atoms with Gasteiger partial charge in [-0.15, -0.1) is 0 Å². The molecule has 5 nitrogen and oxygen atoms in total. The summed E-state index contributed by atoms with van der Waals surface area (Å²) in [4.78, 5) is 20.5. The summed E-state index contributed by atoms with van der Waals surface area (Å²) in [6, 6.07) is 27.0. The maximum atomic E-state index is 13.4. The Morgan fingerprint density at radius 3 is 2.34 bits per heavy atom. The first kappa shape index (κ1) is 23.4. The second kappa shape index (κ2) is 10.5. The quantitative estimate of drug-likeness (QED) is 0.525. The molecule has 2 heterocycles. The molecule has 2 unspecified atom stereocenters. The van der Waals surface area contributed by atoms with E-state index in [0.717, 1.165) is 57.1 Å². The van der Waals surface area contributed by atoms with Crippen molar-refractivity contribution < 1.29 is 9.53 Å². The van der Waals surface area contributed by atoms with Crippen LogP contribution in [-0.4, -0.2) is 68.6 Å². The number of amides is 1. The maximum absolute atomic E-state index is 13.4. The van der Waals surface area contributed by atoms with Gasteiger partial charge in [-0.3, -0.25) is 9.69 Å². The Labute approximate surface area is 208 Å². The lowest BCUT2D eigenvalue weighted by Gasteiger charge is -2.37. The average molecular weight is 470 g/mol. The minimum Gasteiger partial charge on any atom is -0.497 e. The minimum absolute atomic E-state index is 0.134. The highest BCUT2D eigenvalue weighted by molar-refractivity contribution is 5.94. The molecule has 0 radical (unpaired) electrons. The van der Waals surface area contributed by atoms with Crippen LogP contribution in [0.5, 0.6) is 5.75 Å². The number of carbonyl (C=O) groups excluding carboxylic acids is 1. The Balaban J connectivity index is 1.30. The summed E-state index contributed by atoms with van der Waals surface area (Å²) in [5.74, 6) is 1.70. The number of piperazine rings is 1. The van der Waals surface area contributed by atoms with Crippen LogP contribution < -0.4 is 9.64 Å². The third-order valence-corrected chi connectivity index (χ3v) is 7.54. The van der Waals surface area contributed by atoms with Gasteiger partial charge < -0.3 is 14.5 Å². The number of aryl methyl sites for hydroxylation is 1. The monoisotopic (exact) mass is 469 g/mol. The number of likely N-dealkylation sites (tertiary alicyclic amines) is 1. The fraction of sp³-hybridized carbons (Fsp3) is 0.367. The van der Waals surface area contributed by atoms with E-state index in [9.17, 15) is 4.79 Å². The van der Waals surface area contributed by atoms with E-state index in [2.05, 4.69) is 70.2 Å². The van der Waals surface area contributed by atoms with E-state index < -0.39 is 0 Å². The van der Waals surface area contributed by atoms with Crippen LogP contribution >= 0.6 is 0 Å². The van der Waals surface area contributed by atoms with Crippen molar-refractivity contribution in [3.05, 3.63) is 95.6 Å². The van der Waals surface area contributed by atoms with Crippen LogP contribution in [0, 0.1) is 12.8 Å². The molecule has 5 heteroatoms. The number of ether oxygens (including phenoxy) is 1. The number of benzene rings is 3. The van der Waals surface area contributed by atoms with Gasteiger partial charge in [0.25, 0.3) is 5.91 Å². The van der Waals surface area contributed by atoms with Gasteiger partial charge in [0.05, 0.1) is 7.11 Å². The van der Waals surface area contributed by atoms with E-state index in [1.54, 1.807) is 7.11 Å². The molecule has 1 amide bonds.